The molecular formula is C16H23FN2O2. The SMILES string of the molecule is CC(C)(C)OC(=O)C(C)(C)CCN1CC=C2N=CC(F)=C21. The van der Waals surface area contributed by atoms with Crippen molar-refractivity contribution < 1.29 is 13.9 Å². The summed E-state index contributed by atoms with van der Waals surface area (Å²) >= 11 is 0. The molecule has 0 radical (unpaired) electrons. The number of aliphatic imine (C=N–C) groups is 1. The molecule has 0 aliphatic carbocycles. The van der Waals surface area contributed by atoms with Gasteiger partial charge < -0.3 is 9.64 Å². The van der Waals surface area contributed by atoms with Crippen LogP contribution in [0.25, 0.3) is 0 Å². The first-order valence-corrected chi connectivity index (χ1v) is 7.23. The highest BCUT2D eigenvalue weighted by Crippen LogP contribution is 2.33. The summed E-state index contributed by atoms with van der Waals surface area (Å²) in [5.41, 5.74) is 0.148. The van der Waals surface area contributed by atoms with Crippen molar-refractivity contribution in [2.24, 2.45) is 10.4 Å². The summed E-state index contributed by atoms with van der Waals surface area (Å²) in [7, 11) is 0. The zero-order valence-electron chi connectivity index (χ0n) is 13.4. The lowest BCUT2D eigenvalue weighted by molar-refractivity contribution is -0.166. The van der Waals surface area contributed by atoms with E-state index in [1.54, 1.807) is 0 Å². The smallest absolute Gasteiger partial charge is 0.312 e. The normalized spacial score (nSPS) is 18.2. The minimum Gasteiger partial charge on any atom is -0.460 e. The average molecular weight is 294 g/mol. The third-order valence-electron chi connectivity index (χ3n) is 3.57. The minimum absolute atomic E-state index is 0.223. The van der Waals surface area contributed by atoms with Gasteiger partial charge in [-0.25, -0.2) is 4.39 Å². The Morgan fingerprint density at radius 3 is 2.67 bits per heavy atom. The van der Waals surface area contributed by atoms with Crippen LogP contribution in [-0.2, 0) is 9.53 Å². The van der Waals surface area contributed by atoms with Crippen LogP contribution in [0, 0.1) is 5.41 Å². The molecule has 0 bridgehead atoms. The molecule has 2 rings (SSSR count). The number of esters is 1. The number of ether oxygens (including phenoxy) is 1. The van der Waals surface area contributed by atoms with Gasteiger partial charge in [0, 0.05) is 13.1 Å². The molecule has 0 atom stereocenters. The van der Waals surface area contributed by atoms with Crippen LogP contribution in [-0.4, -0.2) is 35.8 Å². The molecule has 0 aromatic rings. The molecule has 0 unspecified atom stereocenters. The van der Waals surface area contributed by atoms with E-state index >= 15 is 0 Å². The highest BCUT2D eigenvalue weighted by molar-refractivity contribution is 5.84. The summed E-state index contributed by atoms with van der Waals surface area (Å²) in [6.07, 6.45) is 3.74. The van der Waals surface area contributed by atoms with Gasteiger partial charge in [0.2, 0.25) is 0 Å². The molecule has 0 amide bonds. The molecule has 2 aliphatic rings. The van der Waals surface area contributed by atoms with Gasteiger partial charge in [0.25, 0.3) is 0 Å². The Labute approximate surface area is 125 Å². The van der Waals surface area contributed by atoms with E-state index in [-0.39, 0.29) is 11.8 Å². The van der Waals surface area contributed by atoms with Gasteiger partial charge in [-0.05, 0) is 47.1 Å². The number of nitrogens with zero attached hydrogens (tertiary/aromatic N) is 2. The Hall–Kier alpha value is -1.65. The van der Waals surface area contributed by atoms with Crippen molar-refractivity contribution >= 4 is 12.2 Å². The molecule has 4 nitrogen and oxygen atoms in total. The highest BCUT2D eigenvalue weighted by atomic mass is 19.1. The first-order chi connectivity index (χ1) is 9.60. The monoisotopic (exact) mass is 294 g/mol. The number of hydrogen-bond acceptors (Lipinski definition) is 4. The van der Waals surface area contributed by atoms with Crippen LogP contribution in [0.5, 0.6) is 0 Å². The predicted molar refractivity (Wildman–Crippen MR) is 80.5 cm³/mol. The lowest BCUT2D eigenvalue weighted by Crippen LogP contribution is -2.36. The molecule has 0 aromatic heterocycles. The maximum absolute atomic E-state index is 13.7. The summed E-state index contributed by atoms with van der Waals surface area (Å²) in [6.45, 7) is 10.5. The van der Waals surface area contributed by atoms with Crippen molar-refractivity contribution in [3.05, 3.63) is 23.3 Å². The van der Waals surface area contributed by atoms with Crippen LogP contribution >= 0.6 is 0 Å². The van der Waals surface area contributed by atoms with E-state index < -0.39 is 11.0 Å². The van der Waals surface area contributed by atoms with Crippen molar-refractivity contribution in [1.82, 2.24) is 4.90 Å². The van der Waals surface area contributed by atoms with Crippen molar-refractivity contribution in [3.63, 3.8) is 0 Å². The van der Waals surface area contributed by atoms with E-state index in [2.05, 4.69) is 4.99 Å². The molecule has 21 heavy (non-hydrogen) atoms. The Morgan fingerprint density at radius 1 is 1.38 bits per heavy atom. The van der Waals surface area contributed by atoms with Crippen LogP contribution in [0.3, 0.4) is 0 Å². The van der Waals surface area contributed by atoms with Crippen LogP contribution in [0.1, 0.15) is 41.0 Å². The molecule has 116 valence electrons. The van der Waals surface area contributed by atoms with Gasteiger partial charge in [-0.1, -0.05) is 0 Å². The van der Waals surface area contributed by atoms with Gasteiger partial charge in [-0.15, -0.1) is 0 Å². The summed E-state index contributed by atoms with van der Waals surface area (Å²) in [4.78, 5) is 18.1. The summed E-state index contributed by atoms with van der Waals surface area (Å²) < 4.78 is 19.1. The van der Waals surface area contributed by atoms with E-state index in [0.29, 0.717) is 30.9 Å². The van der Waals surface area contributed by atoms with Crippen molar-refractivity contribution in [2.75, 3.05) is 13.1 Å². The second-order valence-corrected chi connectivity index (χ2v) is 7.13. The van der Waals surface area contributed by atoms with Gasteiger partial charge >= 0.3 is 5.97 Å². The maximum Gasteiger partial charge on any atom is 0.312 e. The number of fused-ring (bicyclic) bond motifs is 1. The zero-order chi connectivity index (χ0) is 15.8. The summed E-state index contributed by atoms with van der Waals surface area (Å²) in [5.74, 6) is -0.520. The van der Waals surface area contributed by atoms with Crippen molar-refractivity contribution in [1.29, 1.82) is 0 Å². The topological polar surface area (TPSA) is 41.9 Å². The fourth-order valence-electron chi connectivity index (χ4n) is 2.26. The molecule has 0 N–H and O–H groups in total. The first kappa shape index (κ1) is 15.7. The van der Waals surface area contributed by atoms with E-state index in [1.807, 2.05) is 45.6 Å². The molecule has 0 saturated carbocycles. The second-order valence-electron chi connectivity index (χ2n) is 7.13. The number of halogens is 1. The molecule has 0 fully saturated rings. The second kappa shape index (κ2) is 5.28. The molecule has 5 heteroatoms. The third kappa shape index (κ3) is 3.52. The number of hydrogen-bond donors (Lipinski definition) is 0. The van der Waals surface area contributed by atoms with E-state index in [1.165, 1.54) is 6.21 Å². The molecule has 2 heterocycles. The average Bonchev–Trinajstić information content (AvgIpc) is 2.88. The van der Waals surface area contributed by atoms with Gasteiger partial charge in [0.1, 0.15) is 11.3 Å². The fraction of sp³-hybridized carbons (Fsp3) is 0.625. The van der Waals surface area contributed by atoms with Crippen molar-refractivity contribution in [3.8, 4) is 0 Å². The Kier molecular flexibility index (Phi) is 3.95. The quantitative estimate of drug-likeness (QED) is 0.748. The number of carbonyl (C=O) groups is 1. The lowest BCUT2D eigenvalue weighted by Gasteiger charge is -2.30. The molecule has 0 aromatic carbocycles. The predicted octanol–water partition coefficient (Wildman–Crippen LogP) is 3.21. The van der Waals surface area contributed by atoms with E-state index in [9.17, 15) is 9.18 Å². The van der Waals surface area contributed by atoms with E-state index in [4.69, 9.17) is 4.74 Å². The third-order valence-corrected chi connectivity index (χ3v) is 3.57. The number of carbonyl (C=O) groups excluding carboxylic acids is 1. The number of rotatable bonds is 4. The Balaban J connectivity index is 1.94. The lowest BCUT2D eigenvalue weighted by atomic mass is 9.89. The Morgan fingerprint density at radius 2 is 2.05 bits per heavy atom. The van der Waals surface area contributed by atoms with Crippen LogP contribution in [0.4, 0.5) is 4.39 Å². The maximum atomic E-state index is 13.7. The molecule has 0 saturated heterocycles. The fourth-order valence-corrected chi connectivity index (χ4v) is 2.26. The highest BCUT2D eigenvalue weighted by Gasteiger charge is 2.34. The standard InChI is InChI=1S/C16H23FN2O2/c1-15(2,3)21-14(20)16(4,5)7-9-19-8-6-12-13(19)11(17)10-18-12/h6,10H,7-9H2,1-5H3. The summed E-state index contributed by atoms with van der Waals surface area (Å²) in [5, 5.41) is 0. The van der Waals surface area contributed by atoms with Crippen molar-refractivity contribution in [2.45, 2.75) is 46.6 Å². The number of allylic oxidation sites excluding steroid dienone is 1. The van der Waals surface area contributed by atoms with Gasteiger partial charge in [0.05, 0.1) is 17.3 Å². The minimum atomic E-state index is -0.605. The molecule has 0 spiro atoms. The van der Waals surface area contributed by atoms with Gasteiger partial charge in [0.15, 0.2) is 5.83 Å². The first-order valence-electron chi connectivity index (χ1n) is 7.23. The summed E-state index contributed by atoms with van der Waals surface area (Å²) in [6, 6.07) is 0. The molecule has 2 aliphatic heterocycles. The van der Waals surface area contributed by atoms with Gasteiger partial charge in [-0.3, -0.25) is 9.79 Å². The largest absolute Gasteiger partial charge is 0.460 e. The zero-order valence-corrected chi connectivity index (χ0v) is 13.4. The van der Waals surface area contributed by atoms with E-state index in [0.717, 1.165) is 0 Å². The van der Waals surface area contributed by atoms with Crippen LogP contribution in [0.2, 0.25) is 0 Å². The van der Waals surface area contributed by atoms with Crippen LogP contribution in [0.15, 0.2) is 28.3 Å². The molecular weight excluding hydrogens is 271 g/mol. The van der Waals surface area contributed by atoms with Gasteiger partial charge in [-0.2, -0.15) is 0 Å². The van der Waals surface area contributed by atoms with Crippen LogP contribution < -0.4 is 0 Å². The Bertz CT molecular complexity index is 539.